The van der Waals surface area contributed by atoms with Crippen LogP contribution in [0.3, 0.4) is 0 Å². The Morgan fingerprint density at radius 1 is 1.29 bits per heavy atom. The van der Waals surface area contributed by atoms with Gasteiger partial charge in [-0.2, -0.15) is 0 Å². The van der Waals surface area contributed by atoms with Gasteiger partial charge in [-0.3, -0.25) is 14.4 Å². The number of hydrogen-bond donors (Lipinski definition) is 1. The van der Waals surface area contributed by atoms with Gasteiger partial charge >= 0.3 is 0 Å². The zero-order valence-corrected chi connectivity index (χ0v) is 18.7. The van der Waals surface area contributed by atoms with E-state index >= 15 is 0 Å². The van der Waals surface area contributed by atoms with Crippen LogP contribution < -0.4 is 10.1 Å². The predicted octanol–water partition coefficient (Wildman–Crippen LogP) is 1.40. The van der Waals surface area contributed by atoms with Crippen molar-refractivity contribution >= 4 is 27.4 Å². The van der Waals surface area contributed by atoms with Crippen LogP contribution in [0.4, 0.5) is 0 Å². The summed E-state index contributed by atoms with van der Waals surface area (Å²) < 4.78 is 29.5. The van der Waals surface area contributed by atoms with E-state index in [2.05, 4.69) is 5.32 Å². The molecule has 2 fully saturated rings. The summed E-state index contributed by atoms with van der Waals surface area (Å²) in [5.74, 6) is 0.0635. The number of rotatable bonds is 3. The summed E-state index contributed by atoms with van der Waals surface area (Å²) in [7, 11) is -3.10. The lowest BCUT2D eigenvalue weighted by Crippen LogP contribution is -2.51. The maximum absolute atomic E-state index is 12.8. The zero-order valence-electron chi connectivity index (χ0n) is 17.8. The zero-order chi connectivity index (χ0) is 22.4. The Hall–Kier alpha value is -2.42. The molecule has 2 amide bonds. The minimum absolute atomic E-state index is 0.0130. The Morgan fingerprint density at radius 3 is 2.77 bits per heavy atom. The number of sulfone groups is 1. The van der Waals surface area contributed by atoms with Crippen molar-refractivity contribution in [3.05, 3.63) is 29.3 Å². The Kier molecular flexibility index (Phi) is 5.57. The average Bonchev–Trinajstić information content (AvgIpc) is 2.96. The van der Waals surface area contributed by atoms with E-state index in [9.17, 15) is 22.8 Å². The Labute approximate surface area is 182 Å². The van der Waals surface area contributed by atoms with Gasteiger partial charge in [-0.25, -0.2) is 8.42 Å². The number of aryl methyl sites for hydroxylation is 1. The third-order valence-electron chi connectivity index (χ3n) is 6.59. The van der Waals surface area contributed by atoms with Gasteiger partial charge in [0.1, 0.15) is 17.4 Å². The van der Waals surface area contributed by atoms with Gasteiger partial charge in [-0.05, 0) is 38.8 Å². The summed E-state index contributed by atoms with van der Waals surface area (Å²) in [6.07, 6.45) is 1.66. The number of ketones is 1. The number of likely N-dealkylation sites (tertiary alicyclic amines) is 1. The molecule has 3 aliphatic heterocycles. The van der Waals surface area contributed by atoms with Crippen LogP contribution >= 0.6 is 0 Å². The first kappa shape index (κ1) is 21.8. The molecule has 1 aromatic carbocycles. The fraction of sp³-hybridized carbons (Fsp3) is 0.591. The van der Waals surface area contributed by atoms with E-state index in [1.165, 1.54) is 4.90 Å². The summed E-state index contributed by atoms with van der Waals surface area (Å²) in [6.45, 7) is 3.87. The van der Waals surface area contributed by atoms with Crippen LogP contribution in [-0.2, 0) is 19.4 Å². The standard InChI is InChI=1S/C22H28N2O6S/c1-14-3-4-19-17(11-14)18(25)12-22(30-19)7-5-20(26)24(9-8-22)15(2)21(27)23-16-6-10-31(28,29)13-16/h3-4,11,15-16H,5-10,12-13H2,1-2H3,(H,23,27). The number of carbonyl (C=O) groups excluding carboxylic acids is 3. The molecule has 1 spiro atoms. The van der Waals surface area contributed by atoms with Crippen molar-refractivity contribution in [2.24, 2.45) is 0 Å². The van der Waals surface area contributed by atoms with Crippen molar-refractivity contribution in [1.29, 1.82) is 0 Å². The van der Waals surface area contributed by atoms with Crippen molar-refractivity contribution in [3.8, 4) is 5.75 Å². The highest BCUT2D eigenvalue weighted by molar-refractivity contribution is 7.91. The fourth-order valence-electron chi connectivity index (χ4n) is 4.72. The fourth-order valence-corrected chi connectivity index (χ4v) is 6.39. The van der Waals surface area contributed by atoms with E-state index in [0.29, 0.717) is 37.1 Å². The number of ether oxygens (including phenoxy) is 1. The number of carbonyl (C=O) groups is 3. The minimum Gasteiger partial charge on any atom is -0.486 e. The van der Waals surface area contributed by atoms with E-state index in [1.807, 2.05) is 19.1 Å². The Morgan fingerprint density at radius 2 is 2.06 bits per heavy atom. The molecule has 0 saturated carbocycles. The molecule has 8 nitrogen and oxygen atoms in total. The Balaban J connectivity index is 1.45. The molecular weight excluding hydrogens is 420 g/mol. The average molecular weight is 449 g/mol. The monoisotopic (exact) mass is 448 g/mol. The molecule has 3 unspecified atom stereocenters. The highest BCUT2D eigenvalue weighted by Crippen LogP contribution is 2.40. The number of benzene rings is 1. The molecule has 1 N–H and O–H groups in total. The lowest BCUT2D eigenvalue weighted by molar-refractivity contribution is -0.139. The van der Waals surface area contributed by atoms with Crippen LogP contribution in [0.2, 0.25) is 0 Å². The van der Waals surface area contributed by atoms with Gasteiger partial charge in [0.15, 0.2) is 15.6 Å². The van der Waals surface area contributed by atoms with E-state index in [1.54, 1.807) is 13.0 Å². The second kappa shape index (κ2) is 7.93. The highest BCUT2D eigenvalue weighted by Gasteiger charge is 2.44. The van der Waals surface area contributed by atoms with E-state index in [4.69, 9.17) is 4.74 Å². The van der Waals surface area contributed by atoms with Crippen LogP contribution in [0.15, 0.2) is 18.2 Å². The Bertz CT molecular complexity index is 1040. The van der Waals surface area contributed by atoms with Crippen molar-refractivity contribution in [2.75, 3.05) is 18.1 Å². The molecule has 31 heavy (non-hydrogen) atoms. The maximum Gasteiger partial charge on any atom is 0.242 e. The lowest BCUT2D eigenvalue weighted by Gasteiger charge is -2.37. The van der Waals surface area contributed by atoms with Crippen LogP contribution in [0.25, 0.3) is 0 Å². The number of fused-ring (bicyclic) bond motifs is 1. The van der Waals surface area contributed by atoms with Crippen LogP contribution in [0, 0.1) is 6.92 Å². The number of amides is 2. The molecule has 3 heterocycles. The SMILES string of the molecule is Cc1ccc2c(c1)C(=O)CC1(CCC(=O)N(C(C)C(=O)NC3CCS(=O)(=O)C3)CC1)O2. The summed E-state index contributed by atoms with van der Waals surface area (Å²) in [5, 5.41) is 2.77. The van der Waals surface area contributed by atoms with Gasteiger partial charge in [-0.1, -0.05) is 11.6 Å². The molecule has 3 atom stereocenters. The summed E-state index contributed by atoms with van der Waals surface area (Å²) in [5.41, 5.74) is 0.820. The predicted molar refractivity (Wildman–Crippen MR) is 114 cm³/mol. The molecule has 1 aromatic rings. The highest BCUT2D eigenvalue weighted by atomic mass is 32.2. The molecule has 0 radical (unpaired) electrons. The largest absolute Gasteiger partial charge is 0.486 e. The van der Waals surface area contributed by atoms with Crippen molar-refractivity contribution in [2.45, 2.75) is 63.6 Å². The number of hydrogen-bond acceptors (Lipinski definition) is 6. The number of nitrogens with zero attached hydrogens (tertiary/aromatic N) is 1. The molecule has 0 aromatic heterocycles. The van der Waals surface area contributed by atoms with Crippen LogP contribution in [-0.4, -0.2) is 66.7 Å². The number of Topliss-reactive ketones (excluding diaryl/α,β-unsaturated/α-hetero) is 1. The minimum atomic E-state index is -3.10. The van der Waals surface area contributed by atoms with Crippen LogP contribution in [0.5, 0.6) is 5.75 Å². The molecule has 0 aliphatic carbocycles. The third-order valence-corrected chi connectivity index (χ3v) is 8.36. The number of nitrogens with one attached hydrogen (secondary N) is 1. The normalized spacial score (nSPS) is 28.6. The molecular formula is C22H28N2O6S. The summed E-state index contributed by atoms with van der Waals surface area (Å²) >= 11 is 0. The molecule has 4 rings (SSSR count). The summed E-state index contributed by atoms with van der Waals surface area (Å²) in [4.78, 5) is 39.8. The van der Waals surface area contributed by atoms with Crippen molar-refractivity contribution < 1.29 is 27.5 Å². The summed E-state index contributed by atoms with van der Waals surface area (Å²) in [6, 6.07) is 4.40. The lowest BCUT2D eigenvalue weighted by atomic mass is 9.84. The van der Waals surface area contributed by atoms with E-state index in [-0.39, 0.29) is 41.9 Å². The van der Waals surface area contributed by atoms with E-state index in [0.717, 1.165) is 5.56 Å². The first-order chi connectivity index (χ1) is 14.6. The third kappa shape index (κ3) is 4.46. The van der Waals surface area contributed by atoms with Gasteiger partial charge in [0.05, 0.1) is 23.5 Å². The first-order valence-corrected chi connectivity index (χ1v) is 12.5. The quantitative estimate of drug-likeness (QED) is 0.749. The topological polar surface area (TPSA) is 110 Å². The van der Waals surface area contributed by atoms with Gasteiger partial charge in [0.2, 0.25) is 11.8 Å². The van der Waals surface area contributed by atoms with Gasteiger partial charge < -0.3 is 15.0 Å². The smallest absolute Gasteiger partial charge is 0.242 e. The van der Waals surface area contributed by atoms with E-state index < -0.39 is 27.5 Å². The van der Waals surface area contributed by atoms with Gasteiger partial charge in [-0.15, -0.1) is 0 Å². The van der Waals surface area contributed by atoms with Gasteiger partial charge in [0, 0.05) is 25.4 Å². The first-order valence-electron chi connectivity index (χ1n) is 10.7. The second-order valence-electron chi connectivity index (χ2n) is 9.01. The molecule has 9 heteroatoms. The van der Waals surface area contributed by atoms with Crippen LogP contribution in [0.1, 0.15) is 54.9 Å². The van der Waals surface area contributed by atoms with Crippen molar-refractivity contribution in [1.82, 2.24) is 10.2 Å². The molecule has 0 bridgehead atoms. The second-order valence-corrected chi connectivity index (χ2v) is 11.2. The molecule has 3 aliphatic rings. The maximum atomic E-state index is 12.8. The van der Waals surface area contributed by atoms with Crippen molar-refractivity contribution in [3.63, 3.8) is 0 Å². The van der Waals surface area contributed by atoms with Gasteiger partial charge in [0.25, 0.3) is 0 Å². The molecule has 168 valence electrons. The molecule has 2 saturated heterocycles.